The van der Waals surface area contributed by atoms with Gasteiger partial charge in [-0.15, -0.1) is 0 Å². The van der Waals surface area contributed by atoms with Crippen molar-refractivity contribution in [3.63, 3.8) is 0 Å². The number of amides is 2. The molecule has 0 aromatic heterocycles. The van der Waals surface area contributed by atoms with Gasteiger partial charge in [-0.05, 0) is 48.6 Å². The fraction of sp³-hybridized carbons (Fsp3) is 0.391. The highest BCUT2D eigenvalue weighted by Crippen LogP contribution is 2.41. The molecule has 2 fully saturated rings. The standard InChI is InChI=1S/C23H22Cl2F2N2O4/c24-17-3-1-2-13(20(17)25)11-29(15-5-6-15)21(30)16-12-28(22(31)32)9-8-23(16,33)14-4-7-18(26)19(27)10-14/h1-4,7,10,15-16,33H,5-6,8-9,11-12H2,(H,31,32)/t16-,23+/m1/s1. The summed E-state index contributed by atoms with van der Waals surface area (Å²) >= 11 is 12.4. The van der Waals surface area contributed by atoms with E-state index < -0.39 is 35.2 Å². The number of likely N-dealkylation sites (tertiary alicyclic amines) is 1. The van der Waals surface area contributed by atoms with E-state index in [0.717, 1.165) is 29.9 Å². The second kappa shape index (κ2) is 9.08. The van der Waals surface area contributed by atoms with Crippen molar-refractivity contribution >= 4 is 35.2 Å². The number of carbonyl (C=O) groups excluding carboxylic acids is 1. The quantitative estimate of drug-likeness (QED) is 0.628. The highest BCUT2D eigenvalue weighted by molar-refractivity contribution is 6.42. The lowest BCUT2D eigenvalue weighted by molar-refractivity contribution is -0.154. The maximum absolute atomic E-state index is 14.0. The summed E-state index contributed by atoms with van der Waals surface area (Å²) in [7, 11) is 0. The molecule has 176 valence electrons. The second-order valence-electron chi connectivity index (χ2n) is 8.49. The number of aliphatic hydroxyl groups is 1. The van der Waals surface area contributed by atoms with E-state index in [-0.39, 0.29) is 37.7 Å². The molecule has 1 saturated carbocycles. The van der Waals surface area contributed by atoms with Crippen LogP contribution in [0.15, 0.2) is 36.4 Å². The fourth-order valence-electron chi connectivity index (χ4n) is 4.34. The number of rotatable bonds is 5. The molecule has 2 N–H and O–H groups in total. The molecule has 2 aliphatic rings. The Morgan fingerprint density at radius 2 is 1.88 bits per heavy atom. The van der Waals surface area contributed by atoms with E-state index >= 15 is 0 Å². The first kappa shape index (κ1) is 23.7. The maximum Gasteiger partial charge on any atom is 0.407 e. The van der Waals surface area contributed by atoms with Gasteiger partial charge in [0.2, 0.25) is 5.91 Å². The van der Waals surface area contributed by atoms with Gasteiger partial charge in [-0.2, -0.15) is 0 Å². The average Bonchev–Trinajstić information content (AvgIpc) is 3.61. The van der Waals surface area contributed by atoms with Gasteiger partial charge < -0.3 is 20.0 Å². The monoisotopic (exact) mass is 498 g/mol. The van der Waals surface area contributed by atoms with Gasteiger partial charge in [0.05, 0.1) is 16.0 Å². The molecular weight excluding hydrogens is 477 g/mol. The van der Waals surface area contributed by atoms with E-state index in [4.69, 9.17) is 23.2 Å². The van der Waals surface area contributed by atoms with Crippen LogP contribution in [0.3, 0.4) is 0 Å². The molecule has 1 heterocycles. The lowest BCUT2D eigenvalue weighted by atomic mass is 9.75. The zero-order chi connectivity index (χ0) is 23.9. The maximum atomic E-state index is 14.0. The molecule has 1 saturated heterocycles. The van der Waals surface area contributed by atoms with Crippen LogP contribution in [0.4, 0.5) is 13.6 Å². The zero-order valence-electron chi connectivity index (χ0n) is 17.5. The van der Waals surface area contributed by atoms with Crippen molar-refractivity contribution < 1.29 is 28.6 Å². The number of benzene rings is 2. The Labute approximate surface area is 199 Å². The van der Waals surface area contributed by atoms with Crippen LogP contribution < -0.4 is 0 Å². The van der Waals surface area contributed by atoms with Gasteiger partial charge in [0.15, 0.2) is 11.6 Å². The molecule has 4 rings (SSSR count). The number of piperidine rings is 1. The van der Waals surface area contributed by atoms with Crippen LogP contribution in [0.2, 0.25) is 10.0 Å². The van der Waals surface area contributed by atoms with E-state index in [1.54, 1.807) is 23.1 Å². The van der Waals surface area contributed by atoms with Gasteiger partial charge in [-0.3, -0.25) is 4.79 Å². The normalized spacial score (nSPS) is 22.8. The lowest BCUT2D eigenvalue weighted by Gasteiger charge is -2.45. The van der Waals surface area contributed by atoms with Crippen LogP contribution in [0.5, 0.6) is 0 Å². The van der Waals surface area contributed by atoms with Crippen LogP contribution in [0.1, 0.15) is 30.4 Å². The molecule has 0 radical (unpaired) electrons. The first-order valence-corrected chi connectivity index (χ1v) is 11.3. The van der Waals surface area contributed by atoms with Crippen LogP contribution >= 0.6 is 23.2 Å². The summed E-state index contributed by atoms with van der Waals surface area (Å²) in [4.78, 5) is 28.0. The van der Waals surface area contributed by atoms with Crippen molar-refractivity contribution in [2.75, 3.05) is 13.1 Å². The Morgan fingerprint density at radius 3 is 2.52 bits per heavy atom. The summed E-state index contributed by atoms with van der Waals surface area (Å²) < 4.78 is 27.5. The Morgan fingerprint density at radius 1 is 1.15 bits per heavy atom. The second-order valence-corrected chi connectivity index (χ2v) is 9.28. The van der Waals surface area contributed by atoms with Crippen LogP contribution in [-0.2, 0) is 16.9 Å². The summed E-state index contributed by atoms with van der Waals surface area (Å²) in [5, 5.41) is 21.7. The molecule has 10 heteroatoms. The number of hydrogen-bond donors (Lipinski definition) is 2. The zero-order valence-corrected chi connectivity index (χ0v) is 19.0. The van der Waals surface area contributed by atoms with E-state index in [2.05, 4.69) is 0 Å². The van der Waals surface area contributed by atoms with E-state index in [1.807, 2.05) is 0 Å². The van der Waals surface area contributed by atoms with Crippen molar-refractivity contribution in [2.45, 2.75) is 37.5 Å². The average molecular weight is 499 g/mol. The molecule has 1 aliphatic carbocycles. The summed E-state index contributed by atoms with van der Waals surface area (Å²) in [5.41, 5.74) is -1.23. The van der Waals surface area contributed by atoms with Gasteiger partial charge in [0.1, 0.15) is 5.60 Å². The minimum absolute atomic E-state index is 0.0290. The molecule has 2 aromatic carbocycles. The number of hydrogen-bond acceptors (Lipinski definition) is 3. The Hall–Kier alpha value is -2.42. The van der Waals surface area contributed by atoms with E-state index in [1.165, 1.54) is 6.07 Å². The van der Waals surface area contributed by atoms with Crippen LogP contribution in [-0.4, -0.2) is 51.1 Å². The van der Waals surface area contributed by atoms with Crippen molar-refractivity contribution in [1.29, 1.82) is 0 Å². The minimum Gasteiger partial charge on any atom is -0.465 e. The molecular formula is C23H22Cl2F2N2O4. The molecule has 6 nitrogen and oxygen atoms in total. The first-order valence-electron chi connectivity index (χ1n) is 10.5. The number of carboxylic acid groups (broad SMARTS) is 1. The van der Waals surface area contributed by atoms with Crippen molar-refractivity contribution in [3.05, 3.63) is 69.2 Å². The molecule has 0 unspecified atom stereocenters. The molecule has 2 aromatic rings. The summed E-state index contributed by atoms with van der Waals surface area (Å²) in [6.07, 6.45) is 0.138. The smallest absolute Gasteiger partial charge is 0.407 e. The summed E-state index contributed by atoms with van der Waals surface area (Å²) in [6.45, 7) is -0.214. The van der Waals surface area contributed by atoms with Crippen molar-refractivity contribution in [2.24, 2.45) is 5.92 Å². The lowest BCUT2D eigenvalue weighted by Crippen LogP contribution is -2.57. The highest BCUT2D eigenvalue weighted by Gasteiger charge is 2.51. The predicted octanol–water partition coefficient (Wildman–Crippen LogP) is 4.65. The first-order chi connectivity index (χ1) is 15.6. The van der Waals surface area contributed by atoms with Gasteiger partial charge in [-0.25, -0.2) is 13.6 Å². The Balaban J connectivity index is 1.71. The number of carbonyl (C=O) groups is 2. The Kier molecular flexibility index (Phi) is 6.53. The van der Waals surface area contributed by atoms with E-state index in [9.17, 15) is 28.6 Å². The number of halogens is 4. The van der Waals surface area contributed by atoms with Gasteiger partial charge >= 0.3 is 6.09 Å². The van der Waals surface area contributed by atoms with Crippen molar-refractivity contribution in [1.82, 2.24) is 9.80 Å². The summed E-state index contributed by atoms with van der Waals surface area (Å²) in [5.74, 6) is -3.93. The highest BCUT2D eigenvalue weighted by atomic mass is 35.5. The van der Waals surface area contributed by atoms with Gasteiger partial charge in [0, 0.05) is 25.7 Å². The third kappa shape index (κ3) is 4.65. The van der Waals surface area contributed by atoms with Gasteiger partial charge in [-0.1, -0.05) is 41.4 Å². The van der Waals surface area contributed by atoms with Crippen LogP contribution in [0.25, 0.3) is 0 Å². The van der Waals surface area contributed by atoms with Crippen molar-refractivity contribution in [3.8, 4) is 0 Å². The minimum atomic E-state index is -1.87. The molecule has 2 amide bonds. The van der Waals surface area contributed by atoms with Gasteiger partial charge in [0.25, 0.3) is 0 Å². The topological polar surface area (TPSA) is 81.1 Å². The molecule has 2 atom stereocenters. The SMILES string of the molecule is O=C(O)N1CC[C@](O)(c2ccc(F)c(F)c2)[C@@H](C(=O)N(Cc2cccc(Cl)c2Cl)C2CC2)C1. The predicted molar refractivity (Wildman–Crippen MR) is 118 cm³/mol. The van der Waals surface area contributed by atoms with E-state index in [0.29, 0.717) is 15.6 Å². The Bertz CT molecular complexity index is 1100. The molecule has 1 aliphatic heterocycles. The summed E-state index contributed by atoms with van der Waals surface area (Å²) in [6, 6.07) is 7.96. The number of nitrogens with zero attached hydrogens (tertiary/aromatic N) is 2. The third-order valence-electron chi connectivity index (χ3n) is 6.37. The van der Waals surface area contributed by atoms with Crippen LogP contribution in [0, 0.1) is 17.6 Å². The molecule has 0 spiro atoms. The largest absolute Gasteiger partial charge is 0.465 e. The molecule has 33 heavy (non-hydrogen) atoms. The fourth-order valence-corrected chi connectivity index (χ4v) is 4.72. The third-order valence-corrected chi connectivity index (χ3v) is 7.23. The molecule has 0 bridgehead atoms.